The van der Waals surface area contributed by atoms with Crippen molar-refractivity contribution >= 4 is 22.6 Å². The van der Waals surface area contributed by atoms with E-state index >= 15 is 0 Å². The number of nitrogens with one attached hydrogen (secondary N) is 1. The number of benzene rings is 2. The minimum Gasteiger partial charge on any atom is -0.456 e. The van der Waals surface area contributed by atoms with Crippen molar-refractivity contribution in [1.29, 1.82) is 0 Å². The summed E-state index contributed by atoms with van der Waals surface area (Å²) in [6.45, 7) is 0.611. The van der Waals surface area contributed by atoms with E-state index in [-0.39, 0.29) is 5.82 Å². The number of hydrogen-bond acceptors (Lipinski definition) is 2. The molecule has 0 spiro atoms. The summed E-state index contributed by atoms with van der Waals surface area (Å²) in [6, 6.07) is 12.4. The van der Waals surface area contributed by atoms with Gasteiger partial charge in [-0.05, 0) is 59.5 Å². The second-order valence-corrected chi connectivity index (χ2v) is 5.02. The number of ether oxygens (including phenoxy) is 1. The van der Waals surface area contributed by atoms with Crippen LogP contribution in [-0.4, -0.2) is 7.05 Å². The predicted octanol–water partition coefficient (Wildman–Crippen LogP) is 3.94. The Labute approximate surface area is 119 Å². The summed E-state index contributed by atoms with van der Waals surface area (Å²) in [5.41, 5.74) is 0.860. The summed E-state index contributed by atoms with van der Waals surface area (Å²) in [7, 11) is 1.82. The maximum atomic E-state index is 13.4. The van der Waals surface area contributed by atoms with Crippen LogP contribution in [0.2, 0.25) is 0 Å². The second kappa shape index (κ2) is 6.15. The molecule has 0 aliphatic rings. The molecule has 0 radical (unpaired) electrons. The van der Waals surface area contributed by atoms with Gasteiger partial charge in [0.25, 0.3) is 0 Å². The molecule has 0 bridgehead atoms. The van der Waals surface area contributed by atoms with Crippen LogP contribution >= 0.6 is 22.6 Å². The van der Waals surface area contributed by atoms with E-state index in [1.54, 1.807) is 0 Å². The van der Waals surface area contributed by atoms with E-state index in [1.807, 2.05) is 37.4 Å². The van der Waals surface area contributed by atoms with Crippen molar-refractivity contribution < 1.29 is 9.13 Å². The van der Waals surface area contributed by atoms with Crippen LogP contribution in [0.15, 0.2) is 42.5 Å². The first-order valence-corrected chi connectivity index (χ1v) is 6.63. The Kier molecular flexibility index (Phi) is 4.54. The topological polar surface area (TPSA) is 21.3 Å². The van der Waals surface area contributed by atoms with Gasteiger partial charge in [0.1, 0.15) is 17.3 Å². The number of rotatable bonds is 4. The van der Waals surface area contributed by atoms with Crippen molar-refractivity contribution in [3.63, 3.8) is 0 Å². The van der Waals surface area contributed by atoms with Crippen molar-refractivity contribution in [2.75, 3.05) is 7.05 Å². The minimum absolute atomic E-state index is 0.288. The quantitative estimate of drug-likeness (QED) is 0.837. The van der Waals surface area contributed by atoms with Crippen LogP contribution in [0.3, 0.4) is 0 Å². The molecular formula is C14H13FINO. The lowest BCUT2D eigenvalue weighted by molar-refractivity contribution is 0.472. The zero-order chi connectivity index (χ0) is 13.0. The van der Waals surface area contributed by atoms with Gasteiger partial charge in [0.2, 0.25) is 0 Å². The summed E-state index contributed by atoms with van der Waals surface area (Å²) in [5, 5.41) is 2.99. The molecule has 0 atom stereocenters. The van der Waals surface area contributed by atoms with Crippen LogP contribution in [0.5, 0.6) is 11.5 Å². The molecule has 2 nitrogen and oxygen atoms in total. The number of para-hydroxylation sites is 1. The molecule has 0 saturated carbocycles. The highest BCUT2D eigenvalue weighted by Crippen LogP contribution is 2.27. The van der Waals surface area contributed by atoms with E-state index in [4.69, 9.17) is 4.74 Å². The lowest BCUT2D eigenvalue weighted by Crippen LogP contribution is -2.05. The normalized spacial score (nSPS) is 10.4. The van der Waals surface area contributed by atoms with Gasteiger partial charge in [0.05, 0.1) is 3.57 Å². The van der Waals surface area contributed by atoms with Crippen LogP contribution in [0.1, 0.15) is 5.56 Å². The summed E-state index contributed by atoms with van der Waals surface area (Å²) >= 11 is 2.19. The molecule has 2 rings (SSSR count). The van der Waals surface area contributed by atoms with Crippen molar-refractivity contribution in [3.8, 4) is 11.5 Å². The van der Waals surface area contributed by atoms with Crippen LogP contribution < -0.4 is 10.1 Å². The number of halogens is 2. The van der Waals surface area contributed by atoms with Gasteiger partial charge in [-0.15, -0.1) is 0 Å². The highest BCUT2D eigenvalue weighted by atomic mass is 127. The molecule has 94 valence electrons. The molecule has 0 aliphatic heterocycles. The van der Waals surface area contributed by atoms with Crippen molar-refractivity contribution in [2.45, 2.75) is 6.54 Å². The molecule has 0 heterocycles. The van der Waals surface area contributed by atoms with E-state index in [1.165, 1.54) is 12.1 Å². The molecule has 2 aromatic carbocycles. The van der Waals surface area contributed by atoms with Gasteiger partial charge in [-0.1, -0.05) is 12.1 Å². The fourth-order valence-corrected chi connectivity index (χ4v) is 2.14. The predicted molar refractivity (Wildman–Crippen MR) is 78.4 cm³/mol. The van der Waals surface area contributed by atoms with Gasteiger partial charge in [-0.25, -0.2) is 4.39 Å². The molecular weight excluding hydrogens is 344 g/mol. The largest absolute Gasteiger partial charge is 0.456 e. The standard InChI is InChI=1S/C14H13FINO/c1-17-9-10-6-11(15)8-12(7-10)18-14-5-3-2-4-13(14)16/h2-8,17H,9H2,1H3. The fraction of sp³-hybridized carbons (Fsp3) is 0.143. The molecule has 0 unspecified atom stereocenters. The van der Waals surface area contributed by atoms with Crippen molar-refractivity contribution in [1.82, 2.24) is 5.32 Å². The van der Waals surface area contributed by atoms with Gasteiger partial charge >= 0.3 is 0 Å². The fourth-order valence-electron chi connectivity index (χ4n) is 1.64. The second-order valence-electron chi connectivity index (χ2n) is 3.86. The number of hydrogen-bond donors (Lipinski definition) is 1. The average molecular weight is 357 g/mol. The zero-order valence-corrected chi connectivity index (χ0v) is 12.1. The lowest BCUT2D eigenvalue weighted by Gasteiger charge is -2.09. The van der Waals surface area contributed by atoms with Crippen molar-refractivity contribution in [3.05, 3.63) is 57.4 Å². The van der Waals surface area contributed by atoms with Gasteiger partial charge in [0, 0.05) is 12.6 Å². The Bertz CT molecular complexity index is 545. The molecule has 0 aliphatic carbocycles. The average Bonchev–Trinajstić information content (AvgIpc) is 2.32. The molecule has 2 aromatic rings. The van der Waals surface area contributed by atoms with E-state index in [0.717, 1.165) is 14.9 Å². The monoisotopic (exact) mass is 357 g/mol. The minimum atomic E-state index is -0.288. The van der Waals surface area contributed by atoms with Gasteiger partial charge in [0.15, 0.2) is 0 Å². The molecule has 18 heavy (non-hydrogen) atoms. The molecule has 4 heteroatoms. The van der Waals surface area contributed by atoms with Crippen LogP contribution in [0, 0.1) is 9.39 Å². The van der Waals surface area contributed by atoms with Crippen LogP contribution in [0.25, 0.3) is 0 Å². The highest BCUT2D eigenvalue weighted by molar-refractivity contribution is 14.1. The van der Waals surface area contributed by atoms with Crippen LogP contribution in [-0.2, 0) is 6.54 Å². The SMILES string of the molecule is CNCc1cc(F)cc(Oc2ccccc2I)c1. The Balaban J connectivity index is 2.26. The Hall–Kier alpha value is -1.14. The molecule has 0 amide bonds. The zero-order valence-electron chi connectivity index (χ0n) is 9.91. The Morgan fingerprint density at radius 2 is 2.00 bits per heavy atom. The van der Waals surface area contributed by atoms with Gasteiger partial charge in [-0.3, -0.25) is 0 Å². The summed E-state index contributed by atoms with van der Waals surface area (Å²) in [5.74, 6) is 0.965. The third-order valence-corrected chi connectivity index (χ3v) is 3.27. The third kappa shape index (κ3) is 3.43. The first-order valence-electron chi connectivity index (χ1n) is 5.55. The summed E-state index contributed by atoms with van der Waals surface area (Å²) in [4.78, 5) is 0. The highest BCUT2D eigenvalue weighted by Gasteiger charge is 2.05. The Morgan fingerprint density at radius 1 is 1.22 bits per heavy atom. The Morgan fingerprint density at radius 3 is 2.72 bits per heavy atom. The van der Waals surface area contributed by atoms with Crippen molar-refractivity contribution in [2.24, 2.45) is 0 Å². The van der Waals surface area contributed by atoms with E-state index in [9.17, 15) is 4.39 Å². The van der Waals surface area contributed by atoms with Crippen LogP contribution in [0.4, 0.5) is 4.39 Å². The summed E-state index contributed by atoms with van der Waals surface area (Å²) < 4.78 is 20.1. The maximum Gasteiger partial charge on any atom is 0.140 e. The molecule has 0 saturated heterocycles. The van der Waals surface area contributed by atoms with Gasteiger partial charge < -0.3 is 10.1 Å². The maximum absolute atomic E-state index is 13.4. The third-order valence-electron chi connectivity index (χ3n) is 2.38. The van der Waals surface area contributed by atoms with E-state index in [2.05, 4.69) is 27.9 Å². The first kappa shape index (κ1) is 13.3. The van der Waals surface area contributed by atoms with Gasteiger partial charge in [-0.2, -0.15) is 0 Å². The first-order chi connectivity index (χ1) is 8.69. The lowest BCUT2D eigenvalue weighted by atomic mass is 10.2. The van der Waals surface area contributed by atoms with E-state index in [0.29, 0.717) is 12.3 Å². The van der Waals surface area contributed by atoms with E-state index < -0.39 is 0 Å². The molecule has 0 fully saturated rings. The smallest absolute Gasteiger partial charge is 0.140 e. The molecule has 1 N–H and O–H groups in total. The molecule has 0 aromatic heterocycles. The summed E-state index contributed by atoms with van der Waals surface area (Å²) in [6.07, 6.45) is 0.